The van der Waals surface area contributed by atoms with Crippen LogP contribution in [0.3, 0.4) is 0 Å². The van der Waals surface area contributed by atoms with Crippen molar-refractivity contribution in [1.82, 2.24) is 14.9 Å². The zero-order chi connectivity index (χ0) is 13.2. The number of halogens is 1. The molecule has 0 bridgehead atoms. The summed E-state index contributed by atoms with van der Waals surface area (Å²) in [5, 5.41) is 3.70. The minimum atomic E-state index is -0.339. The van der Waals surface area contributed by atoms with Gasteiger partial charge in [-0.1, -0.05) is 0 Å². The monoisotopic (exact) mass is 260 g/mol. The highest BCUT2D eigenvalue weighted by Gasteiger charge is 2.19. The first-order valence-electron chi connectivity index (χ1n) is 6.16. The van der Waals surface area contributed by atoms with Crippen LogP contribution in [0.25, 0.3) is 10.9 Å². The number of carbonyl (C=O) groups is 1. The Morgan fingerprint density at radius 3 is 2.95 bits per heavy atom. The van der Waals surface area contributed by atoms with Gasteiger partial charge in [-0.05, 0) is 18.6 Å². The molecule has 0 radical (unpaired) electrons. The Kier molecular flexibility index (Phi) is 2.98. The molecular weight excluding hydrogens is 247 g/mol. The number of likely N-dealkylation sites (tertiary alicyclic amines) is 1. The molecule has 1 amide bonds. The quantitative estimate of drug-likeness (QED) is 0.906. The Morgan fingerprint density at radius 2 is 2.21 bits per heavy atom. The molecule has 0 unspecified atom stereocenters. The van der Waals surface area contributed by atoms with Gasteiger partial charge in [-0.2, -0.15) is 0 Å². The second kappa shape index (κ2) is 4.79. The first kappa shape index (κ1) is 11.8. The van der Waals surface area contributed by atoms with Gasteiger partial charge in [0.2, 0.25) is 5.91 Å². The van der Waals surface area contributed by atoms with Crippen molar-refractivity contribution < 1.29 is 9.18 Å². The lowest BCUT2D eigenvalue weighted by Crippen LogP contribution is -2.44. The highest BCUT2D eigenvalue weighted by atomic mass is 19.1. The van der Waals surface area contributed by atoms with Crippen LogP contribution in [0.5, 0.6) is 0 Å². The normalized spacial score (nSPS) is 14.3. The fourth-order valence-electron chi connectivity index (χ4n) is 2.01. The second-order valence-corrected chi connectivity index (χ2v) is 4.47. The Morgan fingerprint density at radius 1 is 1.37 bits per heavy atom. The van der Waals surface area contributed by atoms with Gasteiger partial charge in [0.15, 0.2) is 0 Å². The first-order valence-corrected chi connectivity index (χ1v) is 6.16. The van der Waals surface area contributed by atoms with Crippen LogP contribution in [0.4, 0.5) is 10.2 Å². The van der Waals surface area contributed by atoms with Crippen molar-refractivity contribution in [2.24, 2.45) is 0 Å². The fourth-order valence-corrected chi connectivity index (χ4v) is 2.01. The lowest BCUT2D eigenvalue weighted by Gasteiger charge is -2.30. The number of carbonyl (C=O) groups excluding carboxylic acids is 1. The molecular formula is C13H13FN4O. The van der Waals surface area contributed by atoms with E-state index in [0.717, 1.165) is 19.5 Å². The number of aromatic nitrogens is 2. The summed E-state index contributed by atoms with van der Waals surface area (Å²) in [6, 6.07) is 4.31. The van der Waals surface area contributed by atoms with Crippen molar-refractivity contribution in [2.75, 3.05) is 25.0 Å². The number of nitrogens with one attached hydrogen (secondary N) is 1. The van der Waals surface area contributed by atoms with E-state index in [0.29, 0.717) is 16.7 Å². The van der Waals surface area contributed by atoms with Gasteiger partial charge in [-0.3, -0.25) is 4.79 Å². The van der Waals surface area contributed by atoms with Crippen LogP contribution >= 0.6 is 0 Å². The Hall–Kier alpha value is -2.24. The predicted octanol–water partition coefficient (Wildman–Crippen LogP) is 1.41. The third-order valence-corrected chi connectivity index (χ3v) is 3.21. The third kappa shape index (κ3) is 2.33. The number of benzene rings is 1. The van der Waals surface area contributed by atoms with E-state index in [9.17, 15) is 9.18 Å². The molecule has 6 heteroatoms. The van der Waals surface area contributed by atoms with Crippen molar-refractivity contribution in [2.45, 2.75) is 6.42 Å². The van der Waals surface area contributed by atoms with Crippen LogP contribution in [-0.2, 0) is 4.79 Å². The Bertz CT molecular complexity index is 627. The maximum absolute atomic E-state index is 13.1. The minimum Gasteiger partial charge on any atom is -0.360 e. The van der Waals surface area contributed by atoms with Crippen LogP contribution in [0.2, 0.25) is 0 Å². The smallest absolute Gasteiger partial charge is 0.241 e. The summed E-state index contributed by atoms with van der Waals surface area (Å²) in [5.41, 5.74) is 0.522. The molecule has 5 nitrogen and oxygen atoms in total. The molecule has 1 aromatic heterocycles. The molecule has 2 aromatic rings. The van der Waals surface area contributed by atoms with Gasteiger partial charge in [-0.25, -0.2) is 14.4 Å². The summed E-state index contributed by atoms with van der Waals surface area (Å²) in [4.78, 5) is 21.6. The number of fused-ring (bicyclic) bond motifs is 1. The SMILES string of the molecule is O=C(CNc1ncnc2cc(F)ccc12)N1CCC1. The standard InChI is InChI=1S/C13H13FN4O/c14-9-2-3-10-11(6-9)16-8-17-13(10)15-7-12(19)18-4-1-5-18/h2-3,6,8H,1,4-5,7H2,(H,15,16,17). The summed E-state index contributed by atoms with van der Waals surface area (Å²) in [7, 11) is 0. The van der Waals surface area contributed by atoms with Gasteiger partial charge in [-0.15, -0.1) is 0 Å². The van der Waals surface area contributed by atoms with Gasteiger partial charge in [0.1, 0.15) is 18.0 Å². The first-order chi connectivity index (χ1) is 9.24. The summed E-state index contributed by atoms with van der Waals surface area (Å²) in [6.07, 6.45) is 2.43. The molecule has 0 saturated carbocycles. The van der Waals surface area contributed by atoms with Crippen molar-refractivity contribution in [3.05, 3.63) is 30.3 Å². The van der Waals surface area contributed by atoms with Crippen molar-refractivity contribution >= 4 is 22.6 Å². The Labute approximate surface area is 109 Å². The van der Waals surface area contributed by atoms with Crippen molar-refractivity contribution in [1.29, 1.82) is 0 Å². The molecule has 98 valence electrons. The molecule has 3 rings (SSSR count). The topological polar surface area (TPSA) is 58.1 Å². The molecule has 1 fully saturated rings. The zero-order valence-electron chi connectivity index (χ0n) is 10.3. The lowest BCUT2D eigenvalue weighted by molar-refractivity contribution is -0.132. The maximum atomic E-state index is 13.1. The zero-order valence-corrected chi connectivity index (χ0v) is 10.3. The van der Waals surface area contributed by atoms with Crippen LogP contribution in [0.1, 0.15) is 6.42 Å². The largest absolute Gasteiger partial charge is 0.360 e. The van der Waals surface area contributed by atoms with E-state index < -0.39 is 0 Å². The molecule has 1 aliphatic heterocycles. The highest BCUT2D eigenvalue weighted by molar-refractivity contribution is 5.90. The van der Waals surface area contributed by atoms with E-state index in [2.05, 4.69) is 15.3 Å². The van der Waals surface area contributed by atoms with Gasteiger partial charge >= 0.3 is 0 Å². The second-order valence-electron chi connectivity index (χ2n) is 4.47. The summed E-state index contributed by atoms with van der Waals surface area (Å²) in [6.45, 7) is 1.86. The number of amides is 1. The predicted molar refractivity (Wildman–Crippen MR) is 69.2 cm³/mol. The number of nitrogens with zero attached hydrogens (tertiary/aromatic N) is 3. The van der Waals surface area contributed by atoms with Gasteiger partial charge in [0.05, 0.1) is 12.1 Å². The fraction of sp³-hybridized carbons (Fsp3) is 0.308. The molecule has 0 atom stereocenters. The van der Waals surface area contributed by atoms with E-state index in [1.165, 1.54) is 18.5 Å². The van der Waals surface area contributed by atoms with Crippen molar-refractivity contribution in [3.63, 3.8) is 0 Å². The molecule has 1 aromatic carbocycles. The molecule has 1 aliphatic rings. The Balaban J connectivity index is 1.78. The average molecular weight is 260 g/mol. The van der Waals surface area contributed by atoms with E-state index in [-0.39, 0.29) is 18.3 Å². The van der Waals surface area contributed by atoms with Crippen LogP contribution in [0, 0.1) is 5.82 Å². The van der Waals surface area contributed by atoms with Gasteiger partial charge < -0.3 is 10.2 Å². The van der Waals surface area contributed by atoms with Crippen LogP contribution in [0.15, 0.2) is 24.5 Å². The molecule has 1 N–H and O–H groups in total. The minimum absolute atomic E-state index is 0.0557. The van der Waals surface area contributed by atoms with E-state index in [1.54, 1.807) is 11.0 Å². The highest BCUT2D eigenvalue weighted by Crippen LogP contribution is 2.19. The van der Waals surface area contributed by atoms with Crippen LogP contribution < -0.4 is 5.32 Å². The van der Waals surface area contributed by atoms with Crippen molar-refractivity contribution in [3.8, 4) is 0 Å². The van der Waals surface area contributed by atoms with E-state index in [4.69, 9.17) is 0 Å². The third-order valence-electron chi connectivity index (χ3n) is 3.21. The molecule has 1 saturated heterocycles. The summed E-state index contributed by atoms with van der Waals surface area (Å²) >= 11 is 0. The summed E-state index contributed by atoms with van der Waals surface area (Å²) < 4.78 is 13.1. The van der Waals surface area contributed by atoms with Gasteiger partial charge in [0, 0.05) is 24.5 Å². The molecule has 0 spiro atoms. The summed E-state index contributed by atoms with van der Waals surface area (Å²) in [5.74, 6) is 0.271. The van der Waals surface area contributed by atoms with E-state index in [1.807, 2.05) is 0 Å². The average Bonchev–Trinajstić information content (AvgIpc) is 2.33. The van der Waals surface area contributed by atoms with Crippen LogP contribution in [-0.4, -0.2) is 40.4 Å². The van der Waals surface area contributed by atoms with E-state index >= 15 is 0 Å². The molecule has 2 heterocycles. The lowest BCUT2D eigenvalue weighted by atomic mass is 10.2. The maximum Gasteiger partial charge on any atom is 0.241 e. The number of rotatable bonds is 3. The van der Waals surface area contributed by atoms with Gasteiger partial charge in [0.25, 0.3) is 0 Å². The number of hydrogen-bond donors (Lipinski definition) is 1. The molecule has 19 heavy (non-hydrogen) atoms. The molecule has 0 aliphatic carbocycles. The number of anilines is 1. The number of hydrogen-bond acceptors (Lipinski definition) is 4.